The third-order valence-electron chi connectivity index (χ3n) is 6.09. The quantitative estimate of drug-likeness (QED) is 0.410. The van der Waals surface area contributed by atoms with E-state index in [9.17, 15) is 23.1 Å². The lowest BCUT2D eigenvalue weighted by molar-refractivity contribution is -0.153. The third kappa shape index (κ3) is 5.77. The zero-order valence-corrected chi connectivity index (χ0v) is 19.1. The highest BCUT2D eigenvalue weighted by atomic mass is 35.5. The van der Waals surface area contributed by atoms with Gasteiger partial charge in [-0.05, 0) is 59.4 Å². The molecule has 1 aliphatic carbocycles. The summed E-state index contributed by atoms with van der Waals surface area (Å²) >= 11 is 6.40. The molecule has 32 heavy (non-hydrogen) atoms. The van der Waals surface area contributed by atoms with E-state index in [2.05, 4.69) is 0 Å². The summed E-state index contributed by atoms with van der Waals surface area (Å²) in [4.78, 5) is 12.2. The average Bonchev–Trinajstić information content (AvgIpc) is 3.54. The average molecular weight is 469 g/mol. The standard InChI is InChI=1S/C25H28ClF3O3/c1-4-19(16-9-10-16)22(24(30)31)18-11-20(17-7-5-15(6-8-17)14(2)3)23(21(26)12-18)32-13-25(27,28)29/h5-8,11-12,14,16,19,22H,4,9-10,13H2,1-3H3,(H,30,31). The second-order valence-electron chi connectivity index (χ2n) is 8.79. The maximum atomic E-state index is 12.9. The van der Waals surface area contributed by atoms with Crippen LogP contribution in [0.25, 0.3) is 11.1 Å². The number of hydrogen-bond acceptors (Lipinski definition) is 2. The number of carboxylic acids is 1. The van der Waals surface area contributed by atoms with Gasteiger partial charge in [0.25, 0.3) is 0 Å². The van der Waals surface area contributed by atoms with Gasteiger partial charge in [0.1, 0.15) is 5.75 Å². The molecule has 3 nitrogen and oxygen atoms in total. The Hall–Kier alpha value is -2.21. The van der Waals surface area contributed by atoms with E-state index in [1.807, 2.05) is 32.9 Å². The lowest BCUT2D eigenvalue weighted by atomic mass is 9.80. The predicted octanol–water partition coefficient (Wildman–Crippen LogP) is 7.68. The second kappa shape index (κ2) is 9.74. The molecule has 0 aliphatic heterocycles. The SMILES string of the molecule is CCC(C1CC1)C(C(=O)O)c1cc(Cl)c(OCC(F)(F)F)c(-c2ccc(C(C)C)cc2)c1. The molecule has 0 bridgehead atoms. The van der Waals surface area contributed by atoms with Crippen LogP contribution >= 0.6 is 11.6 Å². The van der Waals surface area contributed by atoms with Gasteiger partial charge in [-0.3, -0.25) is 4.79 Å². The van der Waals surface area contributed by atoms with Crippen molar-refractivity contribution in [2.24, 2.45) is 11.8 Å². The Bertz CT molecular complexity index is 950. The van der Waals surface area contributed by atoms with Crippen molar-refractivity contribution in [2.45, 2.75) is 58.0 Å². The summed E-state index contributed by atoms with van der Waals surface area (Å²) in [7, 11) is 0. The first-order chi connectivity index (χ1) is 15.0. The normalized spacial score (nSPS) is 16.1. The third-order valence-corrected chi connectivity index (χ3v) is 6.37. The number of carboxylic acid groups (broad SMARTS) is 1. The number of benzene rings is 2. The van der Waals surface area contributed by atoms with Crippen molar-refractivity contribution in [1.82, 2.24) is 0 Å². The topological polar surface area (TPSA) is 46.5 Å². The molecular formula is C25H28ClF3O3. The minimum absolute atomic E-state index is 0.0217. The molecule has 3 rings (SSSR count). The molecule has 0 spiro atoms. The van der Waals surface area contributed by atoms with Gasteiger partial charge in [-0.1, -0.05) is 63.1 Å². The molecule has 1 fully saturated rings. The zero-order valence-electron chi connectivity index (χ0n) is 18.4. The number of alkyl halides is 3. The summed E-state index contributed by atoms with van der Waals surface area (Å²) in [6.45, 7) is 4.58. The molecule has 2 unspecified atom stereocenters. The molecule has 174 valence electrons. The van der Waals surface area contributed by atoms with Gasteiger partial charge in [0, 0.05) is 5.56 Å². The molecule has 1 saturated carbocycles. The molecule has 1 aliphatic rings. The maximum absolute atomic E-state index is 12.9. The predicted molar refractivity (Wildman–Crippen MR) is 119 cm³/mol. The minimum Gasteiger partial charge on any atom is -0.482 e. The Morgan fingerprint density at radius 2 is 1.78 bits per heavy atom. The second-order valence-corrected chi connectivity index (χ2v) is 9.19. The van der Waals surface area contributed by atoms with Gasteiger partial charge in [-0.2, -0.15) is 13.2 Å². The van der Waals surface area contributed by atoms with E-state index in [1.165, 1.54) is 6.07 Å². The highest BCUT2D eigenvalue weighted by Crippen LogP contribution is 2.48. The fraction of sp³-hybridized carbons (Fsp3) is 0.480. The largest absolute Gasteiger partial charge is 0.482 e. The van der Waals surface area contributed by atoms with Gasteiger partial charge in [0.05, 0.1) is 10.9 Å². The number of ether oxygens (including phenoxy) is 1. The number of aliphatic carboxylic acids is 1. The zero-order chi connectivity index (χ0) is 23.6. The van der Waals surface area contributed by atoms with Crippen LogP contribution in [0.4, 0.5) is 13.2 Å². The number of halogens is 4. The Labute approximate surface area is 191 Å². The molecule has 2 atom stereocenters. The summed E-state index contributed by atoms with van der Waals surface area (Å²) in [5.41, 5.74) is 2.56. The summed E-state index contributed by atoms with van der Waals surface area (Å²) in [6.07, 6.45) is -1.84. The van der Waals surface area contributed by atoms with E-state index in [0.29, 0.717) is 34.9 Å². The first-order valence-electron chi connectivity index (χ1n) is 10.9. The molecule has 2 aromatic rings. The van der Waals surface area contributed by atoms with Crippen LogP contribution in [0.1, 0.15) is 63.0 Å². The highest BCUT2D eigenvalue weighted by Gasteiger charge is 2.40. The Morgan fingerprint density at radius 3 is 2.25 bits per heavy atom. The van der Waals surface area contributed by atoms with Crippen LogP contribution in [0.5, 0.6) is 5.75 Å². The van der Waals surface area contributed by atoms with Gasteiger partial charge in [0.2, 0.25) is 0 Å². The molecule has 1 N–H and O–H groups in total. The minimum atomic E-state index is -4.52. The van der Waals surface area contributed by atoms with E-state index in [-0.39, 0.29) is 16.7 Å². The molecule has 0 amide bonds. The molecule has 2 aromatic carbocycles. The fourth-order valence-electron chi connectivity index (χ4n) is 4.30. The van der Waals surface area contributed by atoms with Gasteiger partial charge < -0.3 is 9.84 Å². The van der Waals surface area contributed by atoms with Crippen molar-refractivity contribution in [3.63, 3.8) is 0 Å². The van der Waals surface area contributed by atoms with Gasteiger partial charge in [0.15, 0.2) is 6.61 Å². The first kappa shape index (κ1) is 24.4. The summed E-state index contributed by atoms with van der Waals surface area (Å²) < 4.78 is 43.7. The van der Waals surface area contributed by atoms with E-state index >= 15 is 0 Å². The van der Waals surface area contributed by atoms with E-state index in [0.717, 1.165) is 18.4 Å². The summed E-state index contributed by atoms with van der Waals surface area (Å²) in [6, 6.07) is 10.5. The fourth-order valence-corrected chi connectivity index (χ4v) is 4.58. The number of rotatable bonds is 9. The lowest BCUT2D eigenvalue weighted by Crippen LogP contribution is -2.23. The molecule has 0 heterocycles. The van der Waals surface area contributed by atoms with Crippen LogP contribution in [-0.4, -0.2) is 23.9 Å². The van der Waals surface area contributed by atoms with Crippen LogP contribution in [0.2, 0.25) is 5.02 Å². The van der Waals surface area contributed by atoms with Gasteiger partial charge >= 0.3 is 12.1 Å². The van der Waals surface area contributed by atoms with E-state index in [1.54, 1.807) is 18.2 Å². The number of carbonyl (C=O) groups is 1. The Balaban J connectivity index is 2.11. The van der Waals surface area contributed by atoms with E-state index < -0.39 is 24.7 Å². The van der Waals surface area contributed by atoms with Crippen molar-refractivity contribution < 1.29 is 27.8 Å². The van der Waals surface area contributed by atoms with Crippen LogP contribution in [0.3, 0.4) is 0 Å². The van der Waals surface area contributed by atoms with Crippen LogP contribution in [-0.2, 0) is 4.79 Å². The monoisotopic (exact) mass is 468 g/mol. The Kier molecular flexibility index (Phi) is 7.43. The van der Waals surface area contributed by atoms with E-state index in [4.69, 9.17) is 16.3 Å². The van der Waals surface area contributed by atoms with Crippen LogP contribution < -0.4 is 4.74 Å². The lowest BCUT2D eigenvalue weighted by Gasteiger charge is -2.25. The van der Waals surface area contributed by atoms with Crippen molar-refractivity contribution >= 4 is 17.6 Å². The molecule has 0 radical (unpaired) electrons. The Morgan fingerprint density at radius 1 is 1.16 bits per heavy atom. The highest BCUT2D eigenvalue weighted by molar-refractivity contribution is 6.32. The smallest absolute Gasteiger partial charge is 0.422 e. The van der Waals surface area contributed by atoms with Crippen LogP contribution in [0, 0.1) is 11.8 Å². The molecule has 7 heteroatoms. The summed E-state index contributed by atoms with van der Waals surface area (Å²) in [5.74, 6) is -1.24. The van der Waals surface area contributed by atoms with Gasteiger partial charge in [-0.25, -0.2) is 0 Å². The van der Waals surface area contributed by atoms with Crippen molar-refractivity contribution in [2.75, 3.05) is 6.61 Å². The maximum Gasteiger partial charge on any atom is 0.422 e. The molecular weight excluding hydrogens is 441 g/mol. The molecule has 0 aromatic heterocycles. The van der Waals surface area contributed by atoms with Gasteiger partial charge in [-0.15, -0.1) is 0 Å². The van der Waals surface area contributed by atoms with Crippen molar-refractivity contribution in [3.8, 4) is 16.9 Å². The van der Waals surface area contributed by atoms with Crippen LogP contribution in [0.15, 0.2) is 36.4 Å². The first-order valence-corrected chi connectivity index (χ1v) is 11.3. The number of hydrogen-bond donors (Lipinski definition) is 1. The van der Waals surface area contributed by atoms with Crippen molar-refractivity contribution in [3.05, 3.63) is 52.5 Å². The summed E-state index contributed by atoms with van der Waals surface area (Å²) in [5, 5.41) is 9.99. The van der Waals surface area contributed by atoms with Crippen molar-refractivity contribution in [1.29, 1.82) is 0 Å². The molecule has 0 saturated heterocycles.